The van der Waals surface area contributed by atoms with E-state index < -0.39 is 11.7 Å². The molecule has 5 heteroatoms. The van der Waals surface area contributed by atoms with Gasteiger partial charge in [0, 0.05) is 31.5 Å². The first-order valence-electron chi connectivity index (χ1n) is 5.93. The van der Waals surface area contributed by atoms with Crippen LogP contribution in [0.5, 0.6) is 5.75 Å². The van der Waals surface area contributed by atoms with E-state index in [1.165, 1.54) is 19.2 Å². The van der Waals surface area contributed by atoms with Gasteiger partial charge in [-0.2, -0.15) is 0 Å². The van der Waals surface area contributed by atoms with Crippen LogP contribution >= 0.6 is 0 Å². The molecule has 0 bridgehead atoms. The molecule has 2 aromatic rings. The molecule has 0 saturated carbocycles. The minimum absolute atomic E-state index is 0.0216. The van der Waals surface area contributed by atoms with Crippen molar-refractivity contribution in [1.82, 2.24) is 9.88 Å². The number of rotatable bonds is 5. The maximum absolute atomic E-state index is 13.6. The van der Waals surface area contributed by atoms with Gasteiger partial charge in [0.25, 0.3) is 5.91 Å². The lowest BCUT2D eigenvalue weighted by molar-refractivity contribution is 0.0948. The molecule has 1 N–H and O–H groups in total. The van der Waals surface area contributed by atoms with Crippen molar-refractivity contribution in [3.63, 3.8) is 0 Å². The maximum atomic E-state index is 13.6. The predicted octanol–water partition coefficient (Wildman–Crippen LogP) is 2.07. The van der Waals surface area contributed by atoms with E-state index in [0.717, 1.165) is 0 Å². The molecular weight excluding hydrogens is 247 g/mol. The SMILES string of the molecule is COc1ccc(C(=O)NCCn2cccc2)c(F)c1. The fraction of sp³-hybridized carbons (Fsp3) is 0.214. The van der Waals surface area contributed by atoms with Crippen molar-refractivity contribution in [2.24, 2.45) is 0 Å². The van der Waals surface area contributed by atoms with Crippen LogP contribution in [-0.4, -0.2) is 24.1 Å². The molecule has 1 aromatic heterocycles. The van der Waals surface area contributed by atoms with Crippen LogP contribution in [0.2, 0.25) is 0 Å². The summed E-state index contributed by atoms with van der Waals surface area (Å²) in [5, 5.41) is 2.67. The lowest BCUT2D eigenvalue weighted by atomic mass is 10.2. The summed E-state index contributed by atoms with van der Waals surface area (Å²) in [7, 11) is 1.45. The summed E-state index contributed by atoms with van der Waals surface area (Å²) in [5.41, 5.74) is 0.0216. The van der Waals surface area contributed by atoms with Gasteiger partial charge in [-0.1, -0.05) is 0 Å². The van der Waals surface area contributed by atoms with Gasteiger partial charge in [0.1, 0.15) is 11.6 Å². The maximum Gasteiger partial charge on any atom is 0.254 e. The van der Waals surface area contributed by atoms with Gasteiger partial charge >= 0.3 is 0 Å². The van der Waals surface area contributed by atoms with E-state index in [0.29, 0.717) is 18.8 Å². The highest BCUT2D eigenvalue weighted by Crippen LogP contribution is 2.15. The number of benzene rings is 1. The number of ether oxygens (including phenoxy) is 1. The Hall–Kier alpha value is -2.30. The van der Waals surface area contributed by atoms with Crippen molar-refractivity contribution < 1.29 is 13.9 Å². The number of methoxy groups -OCH3 is 1. The van der Waals surface area contributed by atoms with E-state index in [1.54, 1.807) is 6.07 Å². The predicted molar refractivity (Wildman–Crippen MR) is 69.7 cm³/mol. The molecular formula is C14H15FN2O2. The van der Waals surface area contributed by atoms with E-state index in [1.807, 2.05) is 29.1 Å². The molecule has 0 unspecified atom stereocenters. The van der Waals surface area contributed by atoms with Gasteiger partial charge in [-0.05, 0) is 24.3 Å². The van der Waals surface area contributed by atoms with Gasteiger partial charge in [0.05, 0.1) is 12.7 Å². The van der Waals surface area contributed by atoms with Gasteiger partial charge < -0.3 is 14.6 Å². The molecule has 100 valence electrons. The number of aromatic nitrogens is 1. The highest BCUT2D eigenvalue weighted by atomic mass is 19.1. The minimum Gasteiger partial charge on any atom is -0.497 e. The van der Waals surface area contributed by atoms with Crippen molar-refractivity contribution in [1.29, 1.82) is 0 Å². The topological polar surface area (TPSA) is 43.3 Å². The zero-order valence-corrected chi connectivity index (χ0v) is 10.6. The molecule has 1 heterocycles. The van der Waals surface area contributed by atoms with E-state index in [4.69, 9.17) is 4.74 Å². The molecule has 0 atom stereocenters. The first-order valence-corrected chi connectivity index (χ1v) is 5.93. The average molecular weight is 262 g/mol. The Bertz CT molecular complexity index is 553. The van der Waals surface area contributed by atoms with Crippen molar-refractivity contribution in [2.75, 3.05) is 13.7 Å². The molecule has 0 saturated heterocycles. The van der Waals surface area contributed by atoms with Crippen molar-refractivity contribution >= 4 is 5.91 Å². The lowest BCUT2D eigenvalue weighted by Gasteiger charge is -2.08. The Balaban J connectivity index is 1.92. The smallest absolute Gasteiger partial charge is 0.254 e. The fourth-order valence-electron chi connectivity index (χ4n) is 1.72. The van der Waals surface area contributed by atoms with Crippen LogP contribution in [0.25, 0.3) is 0 Å². The second-order valence-electron chi connectivity index (χ2n) is 4.02. The van der Waals surface area contributed by atoms with Crippen LogP contribution in [-0.2, 0) is 6.54 Å². The van der Waals surface area contributed by atoms with E-state index in [-0.39, 0.29) is 5.56 Å². The second kappa shape index (κ2) is 6.04. The zero-order valence-electron chi connectivity index (χ0n) is 10.6. The highest BCUT2D eigenvalue weighted by Gasteiger charge is 2.11. The van der Waals surface area contributed by atoms with Crippen LogP contribution in [0.1, 0.15) is 10.4 Å². The van der Waals surface area contributed by atoms with Gasteiger partial charge in [0.2, 0.25) is 0 Å². The van der Waals surface area contributed by atoms with Crippen LogP contribution in [0, 0.1) is 5.82 Å². The molecule has 0 radical (unpaired) electrons. The molecule has 0 spiro atoms. The number of hydrogen-bond acceptors (Lipinski definition) is 2. The van der Waals surface area contributed by atoms with Crippen molar-refractivity contribution in [3.8, 4) is 5.75 Å². The van der Waals surface area contributed by atoms with Crippen LogP contribution in [0.15, 0.2) is 42.7 Å². The number of carbonyl (C=O) groups excluding carboxylic acids is 1. The number of nitrogens with zero attached hydrogens (tertiary/aromatic N) is 1. The molecule has 0 fully saturated rings. The summed E-state index contributed by atoms with van der Waals surface area (Å²) in [6, 6.07) is 7.99. The Morgan fingerprint density at radius 1 is 1.37 bits per heavy atom. The number of carbonyl (C=O) groups is 1. The zero-order chi connectivity index (χ0) is 13.7. The largest absolute Gasteiger partial charge is 0.497 e. The van der Waals surface area contributed by atoms with Gasteiger partial charge in [-0.3, -0.25) is 4.79 Å². The summed E-state index contributed by atoms with van der Waals surface area (Å²) in [6.45, 7) is 1.09. The third-order valence-electron chi connectivity index (χ3n) is 2.74. The average Bonchev–Trinajstić information content (AvgIpc) is 2.91. The van der Waals surface area contributed by atoms with Gasteiger partial charge in [0.15, 0.2) is 0 Å². The van der Waals surface area contributed by atoms with Gasteiger partial charge in [-0.25, -0.2) is 4.39 Å². The first kappa shape index (κ1) is 13.1. The highest BCUT2D eigenvalue weighted by molar-refractivity contribution is 5.94. The Morgan fingerprint density at radius 2 is 2.11 bits per heavy atom. The van der Waals surface area contributed by atoms with E-state index in [2.05, 4.69) is 5.32 Å². The fourth-order valence-corrected chi connectivity index (χ4v) is 1.72. The van der Waals surface area contributed by atoms with Crippen molar-refractivity contribution in [3.05, 3.63) is 54.1 Å². The summed E-state index contributed by atoms with van der Waals surface area (Å²) >= 11 is 0. The third kappa shape index (κ3) is 3.34. The number of amides is 1. The van der Waals surface area contributed by atoms with E-state index in [9.17, 15) is 9.18 Å². The summed E-state index contributed by atoms with van der Waals surface area (Å²) < 4.78 is 20.5. The second-order valence-corrected chi connectivity index (χ2v) is 4.02. The minimum atomic E-state index is -0.585. The number of halogens is 1. The van der Waals surface area contributed by atoms with Gasteiger partial charge in [-0.15, -0.1) is 0 Å². The molecule has 4 nitrogen and oxygen atoms in total. The molecule has 1 amide bonds. The molecule has 1 aromatic carbocycles. The monoisotopic (exact) mass is 262 g/mol. The van der Waals surface area contributed by atoms with Crippen LogP contribution in [0.4, 0.5) is 4.39 Å². The van der Waals surface area contributed by atoms with E-state index >= 15 is 0 Å². The van der Waals surface area contributed by atoms with Crippen LogP contribution < -0.4 is 10.1 Å². The molecule has 2 rings (SSSR count). The lowest BCUT2D eigenvalue weighted by Crippen LogP contribution is -2.27. The Kier molecular flexibility index (Phi) is 4.18. The summed E-state index contributed by atoms with van der Waals surface area (Å²) in [6.07, 6.45) is 3.81. The molecule has 0 aliphatic carbocycles. The normalized spacial score (nSPS) is 10.2. The van der Waals surface area contributed by atoms with Crippen LogP contribution in [0.3, 0.4) is 0 Å². The van der Waals surface area contributed by atoms with Crippen molar-refractivity contribution in [2.45, 2.75) is 6.54 Å². The Morgan fingerprint density at radius 3 is 2.74 bits per heavy atom. The summed E-state index contributed by atoms with van der Waals surface area (Å²) in [5.74, 6) is -0.619. The molecule has 19 heavy (non-hydrogen) atoms. The third-order valence-corrected chi connectivity index (χ3v) is 2.74. The number of hydrogen-bond donors (Lipinski definition) is 1. The quantitative estimate of drug-likeness (QED) is 0.896. The standard InChI is InChI=1S/C14H15FN2O2/c1-19-11-4-5-12(13(15)10-11)14(18)16-6-9-17-7-2-3-8-17/h2-5,7-8,10H,6,9H2,1H3,(H,16,18). The first-order chi connectivity index (χ1) is 9.20. The summed E-state index contributed by atoms with van der Waals surface area (Å²) in [4.78, 5) is 11.8. The molecule has 0 aliphatic heterocycles. The number of nitrogens with one attached hydrogen (secondary N) is 1. The Labute approximate surface area is 110 Å². The molecule has 0 aliphatic rings.